The van der Waals surface area contributed by atoms with E-state index in [1.807, 2.05) is 48.7 Å². The number of thiophene rings is 1. The topological polar surface area (TPSA) is 85.8 Å². The lowest BCUT2D eigenvalue weighted by Crippen LogP contribution is -2.30. The average Bonchev–Trinajstić information content (AvgIpc) is 3.42. The SMILES string of the molecule is Cc1ccc(-c2nnc(SCC(=O)NC(c3ccc(F)cc3)c3cccs3)n2N)cc1. The van der Waals surface area contributed by atoms with E-state index in [1.54, 1.807) is 12.1 Å². The number of halogens is 1. The fourth-order valence-corrected chi connectivity index (χ4v) is 4.51. The van der Waals surface area contributed by atoms with Gasteiger partial charge < -0.3 is 11.2 Å². The molecule has 3 N–H and O–H groups in total. The summed E-state index contributed by atoms with van der Waals surface area (Å²) in [7, 11) is 0. The van der Waals surface area contributed by atoms with Crippen molar-refractivity contribution in [1.82, 2.24) is 20.2 Å². The number of aromatic nitrogens is 3. The molecule has 0 saturated carbocycles. The van der Waals surface area contributed by atoms with E-state index >= 15 is 0 Å². The van der Waals surface area contributed by atoms with Crippen LogP contribution in [0.15, 0.2) is 71.2 Å². The number of thioether (sulfide) groups is 1. The van der Waals surface area contributed by atoms with Gasteiger partial charge in [-0.05, 0) is 36.1 Å². The fourth-order valence-electron chi connectivity index (χ4n) is 3.04. The Bertz CT molecular complexity index is 1160. The fraction of sp³-hybridized carbons (Fsp3) is 0.136. The molecule has 0 aliphatic carbocycles. The van der Waals surface area contributed by atoms with Crippen molar-refractivity contribution in [3.63, 3.8) is 0 Å². The van der Waals surface area contributed by atoms with Gasteiger partial charge in [-0.3, -0.25) is 4.79 Å². The van der Waals surface area contributed by atoms with Crippen LogP contribution in [-0.2, 0) is 4.79 Å². The highest BCUT2D eigenvalue weighted by Crippen LogP contribution is 2.27. The van der Waals surface area contributed by atoms with Crippen molar-refractivity contribution < 1.29 is 9.18 Å². The highest BCUT2D eigenvalue weighted by molar-refractivity contribution is 7.99. The van der Waals surface area contributed by atoms with Crippen LogP contribution in [-0.4, -0.2) is 26.5 Å². The molecule has 4 rings (SSSR count). The molecule has 0 fully saturated rings. The van der Waals surface area contributed by atoms with Crippen molar-refractivity contribution in [2.45, 2.75) is 18.1 Å². The predicted octanol–water partition coefficient (Wildman–Crippen LogP) is 4.17. The summed E-state index contributed by atoms with van der Waals surface area (Å²) in [5, 5.41) is 13.7. The zero-order valence-corrected chi connectivity index (χ0v) is 18.3. The van der Waals surface area contributed by atoms with Gasteiger partial charge in [0, 0.05) is 10.4 Å². The number of benzene rings is 2. The summed E-state index contributed by atoms with van der Waals surface area (Å²) >= 11 is 2.74. The van der Waals surface area contributed by atoms with Crippen LogP contribution in [0.3, 0.4) is 0 Å². The summed E-state index contributed by atoms with van der Waals surface area (Å²) in [6, 6.07) is 17.4. The molecule has 0 aliphatic rings. The number of amides is 1. The van der Waals surface area contributed by atoms with Crippen molar-refractivity contribution in [3.8, 4) is 11.4 Å². The molecule has 1 unspecified atom stereocenters. The normalized spacial score (nSPS) is 11.9. The van der Waals surface area contributed by atoms with E-state index in [0.29, 0.717) is 11.0 Å². The van der Waals surface area contributed by atoms with Crippen LogP contribution < -0.4 is 11.2 Å². The van der Waals surface area contributed by atoms with E-state index < -0.39 is 0 Å². The summed E-state index contributed by atoms with van der Waals surface area (Å²) in [5.41, 5.74) is 2.80. The van der Waals surface area contributed by atoms with Gasteiger partial charge >= 0.3 is 0 Å². The smallest absolute Gasteiger partial charge is 0.231 e. The standard InChI is InChI=1S/C22H20FN5OS2/c1-14-4-6-16(7-5-14)21-26-27-22(28(21)24)31-13-19(29)25-20(18-3-2-12-30-18)15-8-10-17(23)11-9-15/h2-12,20H,13,24H2,1H3,(H,25,29). The Balaban J connectivity index is 1.44. The number of nitrogen functional groups attached to an aromatic ring is 1. The summed E-state index contributed by atoms with van der Waals surface area (Å²) in [4.78, 5) is 13.7. The number of nitrogens with zero attached hydrogens (tertiary/aromatic N) is 3. The quantitative estimate of drug-likeness (QED) is 0.324. The van der Waals surface area contributed by atoms with Crippen molar-refractivity contribution >= 4 is 29.0 Å². The second-order valence-corrected chi connectivity index (χ2v) is 8.82. The Kier molecular flexibility index (Phi) is 6.34. The minimum absolute atomic E-state index is 0.117. The van der Waals surface area contributed by atoms with Crippen LogP contribution >= 0.6 is 23.1 Å². The van der Waals surface area contributed by atoms with E-state index in [9.17, 15) is 9.18 Å². The van der Waals surface area contributed by atoms with E-state index in [4.69, 9.17) is 5.84 Å². The first-order chi connectivity index (χ1) is 15.0. The van der Waals surface area contributed by atoms with E-state index in [-0.39, 0.29) is 23.5 Å². The lowest BCUT2D eigenvalue weighted by atomic mass is 10.1. The van der Waals surface area contributed by atoms with Crippen molar-refractivity contribution in [2.75, 3.05) is 11.6 Å². The average molecular weight is 454 g/mol. The van der Waals surface area contributed by atoms with Crippen molar-refractivity contribution in [3.05, 3.63) is 87.9 Å². The first-order valence-electron chi connectivity index (χ1n) is 9.50. The van der Waals surface area contributed by atoms with Gasteiger partial charge in [0.1, 0.15) is 5.82 Å². The van der Waals surface area contributed by atoms with Gasteiger partial charge in [-0.25, -0.2) is 9.07 Å². The van der Waals surface area contributed by atoms with Gasteiger partial charge in [-0.1, -0.05) is 59.8 Å². The molecule has 2 heterocycles. The summed E-state index contributed by atoms with van der Waals surface area (Å²) < 4.78 is 14.7. The number of hydrogen-bond acceptors (Lipinski definition) is 6. The van der Waals surface area contributed by atoms with Gasteiger partial charge in [-0.2, -0.15) is 0 Å². The molecule has 6 nitrogen and oxygen atoms in total. The number of nitrogens with one attached hydrogen (secondary N) is 1. The molecule has 0 radical (unpaired) electrons. The summed E-state index contributed by atoms with van der Waals surface area (Å²) in [5.74, 6) is 6.29. The van der Waals surface area contributed by atoms with Crippen LogP contribution in [0.25, 0.3) is 11.4 Å². The van der Waals surface area contributed by atoms with E-state index in [1.165, 1.54) is 39.9 Å². The molecular weight excluding hydrogens is 433 g/mol. The maximum atomic E-state index is 13.3. The summed E-state index contributed by atoms with van der Waals surface area (Å²) in [6.07, 6.45) is 0. The number of carbonyl (C=O) groups is 1. The van der Waals surface area contributed by atoms with Gasteiger partial charge in [0.05, 0.1) is 11.8 Å². The molecule has 1 amide bonds. The maximum absolute atomic E-state index is 13.3. The third-order valence-electron chi connectivity index (χ3n) is 4.64. The second-order valence-electron chi connectivity index (χ2n) is 6.90. The van der Waals surface area contributed by atoms with Gasteiger partial charge in [0.2, 0.25) is 11.1 Å². The minimum atomic E-state index is -0.354. The Labute approximate surface area is 187 Å². The molecule has 0 spiro atoms. The third kappa shape index (κ3) is 4.95. The molecule has 2 aromatic heterocycles. The van der Waals surface area contributed by atoms with Crippen LogP contribution in [0, 0.1) is 12.7 Å². The highest BCUT2D eigenvalue weighted by Gasteiger charge is 2.19. The zero-order valence-electron chi connectivity index (χ0n) is 16.7. The van der Waals surface area contributed by atoms with Crippen molar-refractivity contribution in [2.24, 2.45) is 0 Å². The van der Waals surface area contributed by atoms with Crippen LogP contribution in [0.1, 0.15) is 22.0 Å². The molecule has 0 saturated heterocycles. The lowest BCUT2D eigenvalue weighted by molar-refractivity contribution is -0.119. The molecule has 9 heteroatoms. The van der Waals surface area contributed by atoms with Gasteiger partial charge in [0.25, 0.3) is 0 Å². The molecule has 0 aliphatic heterocycles. The molecule has 1 atom stereocenters. The molecular formula is C22H20FN5OS2. The van der Waals surface area contributed by atoms with E-state index in [0.717, 1.165) is 21.6 Å². The van der Waals surface area contributed by atoms with Gasteiger partial charge in [0.15, 0.2) is 5.82 Å². The molecule has 31 heavy (non-hydrogen) atoms. The Morgan fingerprint density at radius 1 is 1.16 bits per heavy atom. The predicted molar refractivity (Wildman–Crippen MR) is 122 cm³/mol. The largest absolute Gasteiger partial charge is 0.344 e. The Morgan fingerprint density at radius 3 is 2.58 bits per heavy atom. The van der Waals surface area contributed by atoms with E-state index in [2.05, 4.69) is 15.5 Å². The number of rotatable bonds is 7. The monoisotopic (exact) mass is 453 g/mol. The molecule has 158 valence electrons. The molecule has 4 aromatic rings. The molecule has 0 bridgehead atoms. The third-order valence-corrected chi connectivity index (χ3v) is 6.52. The Hall–Kier alpha value is -3.17. The van der Waals surface area contributed by atoms with Gasteiger partial charge in [-0.15, -0.1) is 21.5 Å². The lowest BCUT2D eigenvalue weighted by Gasteiger charge is -2.18. The number of hydrogen-bond donors (Lipinski definition) is 2. The number of aryl methyl sites for hydroxylation is 1. The summed E-state index contributed by atoms with van der Waals surface area (Å²) in [6.45, 7) is 2.01. The molecule has 2 aromatic carbocycles. The number of carbonyl (C=O) groups excluding carboxylic acids is 1. The first-order valence-corrected chi connectivity index (χ1v) is 11.4. The van der Waals surface area contributed by atoms with Crippen LogP contribution in [0.4, 0.5) is 4.39 Å². The second kappa shape index (κ2) is 9.32. The first kappa shape index (κ1) is 21.1. The van der Waals surface area contributed by atoms with Crippen molar-refractivity contribution in [1.29, 1.82) is 0 Å². The van der Waals surface area contributed by atoms with Crippen LogP contribution in [0.5, 0.6) is 0 Å². The minimum Gasteiger partial charge on any atom is -0.344 e. The number of nitrogens with two attached hydrogens (primary N) is 1. The highest BCUT2D eigenvalue weighted by atomic mass is 32.2. The van der Waals surface area contributed by atoms with Crippen LogP contribution in [0.2, 0.25) is 0 Å². The maximum Gasteiger partial charge on any atom is 0.231 e. The Morgan fingerprint density at radius 2 is 1.90 bits per heavy atom. The zero-order chi connectivity index (χ0) is 21.8.